The predicted octanol–water partition coefficient (Wildman–Crippen LogP) is -2.47. The minimum atomic E-state index is -2.36. The SMILES string of the molecule is CN(C)c1ccc([Si](C)(C)[O-])cc1.[Na+]. The van der Waals surface area contributed by atoms with Crippen LogP contribution in [0.5, 0.6) is 0 Å². The first kappa shape index (κ1) is 14.2. The maximum absolute atomic E-state index is 11.7. The molecule has 0 atom stereocenters. The molecule has 0 aliphatic carbocycles. The van der Waals surface area contributed by atoms with Gasteiger partial charge in [-0.3, -0.25) is 0 Å². The molecular weight excluding hydrogens is 201 g/mol. The van der Waals surface area contributed by atoms with E-state index in [0.29, 0.717) is 0 Å². The van der Waals surface area contributed by atoms with Crippen molar-refractivity contribution in [3.8, 4) is 0 Å². The molecule has 0 unspecified atom stereocenters. The van der Waals surface area contributed by atoms with Crippen LogP contribution in [0.3, 0.4) is 0 Å². The molecule has 1 aromatic rings. The first-order valence-electron chi connectivity index (χ1n) is 4.39. The molecule has 0 heterocycles. The summed E-state index contributed by atoms with van der Waals surface area (Å²) >= 11 is 0. The molecule has 72 valence electrons. The molecule has 0 N–H and O–H groups in total. The zero-order chi connectivity index (χ0) is 10.1. The van der Waals surface area contributed by atoms with Gasteiger partial charge >= 0.3 is 29.6 Å². The van der Waals surface area contributed by atoms with Crippen LogP contribution in [0.15, 0.2) is 24.3 Å². The normalized spacial score (nSPS) is 10.6. The van der Waals surface area contributed by atoms with Crippen LogP contribution < -0.4 is 44.4 Å². The summed E-state index contributed by atoms with van der Waals surface area (Å²) in [5, 5.41) is 0.970. The Morgan fingerprint density at radius 2 is 1.50 bits per heavy atom. The molecule has 0 saturated heterocycles. The average molecular weight is 217 g/mol. The van der Waals surface area contributed by atoms with Crippen molar-refractivity contribution in [2.24, 2.45) is 0 Å². The zero-order valence-electron chi connectivity index (χ0n) is 9.66. The predicted molar refractivity (Wildman–Crippen MR) is 57.9 cm³/mol. The van der Waals surface area contributed by atoms with Crippen LogP contribution >= 0.6 is 0 Å². The number of nitrogens with zero attached hydrogens (tertiary/aromatic N) is 1. The molecular formula is C10H16NNaOSi. The van der Waals surface area contributed by atoms with Gasteiger partial charge in [0.05, 0.1) is 0 Å². The van der Waals surface area contributed by atoms with Gasteiger partial charge in [0, 0.05) is 19.8 Å². The van der Waals surface area contributed by atoms with Crippen LogP contribution in [0.4, 0.5) is 5.69 Å². The number of hydrogen-bond donors (Lipinski definition) is 0. The van der Waals surface area contributed by atoms with Crippen LogP contribution in [-0.4, -0.2) is 22.4 Å². The number of hydrogen-bond acceptors (Lipinski definition) is 2. The van der Waals surface area contributed by atoms with Crippen molar-refractivity contribution in [2.75, 3.05) is 19.0 Å². The summed E-state index contributed by atoms with van der Waals surface area (Å²) in [4.78, 5) is 13.7. The summed E-state index contributed by atoms with van der Waals surface area (Å²) < 4.78 is 0. The molecule has 1 rings (SSSR count). The van der Waals surface area contributed by atoms with Crippen molar-refractivity contribution < 1.29 is 34.4 Å². The second kappa shape index (κ2) is 5.33. The molecule has 0 bridgehead atoms. The van der Waals surface area contributed by atoms with Crippen molar-refractivity contribution in [3.05, 3.63) is 24.3 Å². The van der Waals surface area contributed by atoms with Crippen LogP contribution in [0.25, 0.3) is 0 Å². The van der Waals surface area contributed by atoms with E-state index < -0.39 is 8.32 Å². The molecule has 1 aromatic carbocycles. The molecule has 0 saturated carbocycles. The summed E-state index contributed by atoms with van der Waals surface area (Å²) in [5.41, 5.74) is 1.14. The van der Waals surface area contributed by atoms with Gasteiger partial charge in [-0.2, -0.15) is 0 Å². The molecule has 14 heavy (non-hydrogen) atoms. The van der Waals surface area contributed by atoms with Crippen LogP contribution in [0, 0.1) is 0 Å². The fourth-order valence-corrected chi connectivity index (χ4v) is 2.13. The maximum atomic E-state index is 11.7. The third-order valence-electron chi connectivity index (χ3n) is 2.08. The summed E-state index contributed by atoms with van der Waals surface area (Å²) in [7, 11) is 1.63. The van der Waals surface area contributed by atoms with Crippen molar-refractivity contribution in [1.29, 1.82) is 0 Å². The summed E-state index contributed by atoms with van der Waals surface area (Å²) in [6, 6.07) is 7.91. The molecule has 0 fully saturated rings. The largest absolute Gasteiger partial charge is 1.00 e. The van der Waals surface area contributed by atoms with Gasteiger partial charge in [-0.1, -0.05) is 30.4 Å². The topological polar surface area (TPSA) is 26.3 Å². The van der Waals surface area contributed by atoms with E-state index in [9.17, 15) is 4.80 Å². The van der Waals surface area contributed by atoms with Crippen molar-refractivity contribution in [3.63, 3.8) is 0 Å². The molecule has 0 aliphatic rings. The van der Waals surface area contributed by atoms with E-state index in [1.165, 1.54) is 0 Å². The number of benzene rings is 1. The van der Waals surface area contributed by atoms with Gasteiger partial charge in [-0.05, 0) is 20.5 Å². The minimum Gasteiger partial charge on any atom is -0.855 e. The smallest absolute Gasteiger partial charge is 0.855 e. The monoisotopic (exact) mass is 217 g/mol. The molecule has 0 aliphatic heterocycles. The minimum absolute atomic E-state index is 0. The van der Waals surface area contributed by atoms with E-state index in [-0.39, 0.29) is 29.6 Å². The van der Waals surface area contributed by atoms with Gasteiger partial charge in [0.25, 0.3) is 0 Å². The number of rotatable bonds is 2. The van der Waals surface area contributed by atoms with Gasteiger partial charge < -0.3 is 9.70 Å². The van der Waals surface area contributed by atoms with E-state index in [1.807, 2.05) is 56.4 Å². The van der Waals surface area contributed by atoms with Crippen LogP contribution in [0.1, 0.15) is 0 Å². The summed E-state index contributed by atoms with van der Waals surface area (Å²) in [5.74, 6) is 0. The first-order chi connectivity index (χ1) is 5.91. The average Bonchev–Trinajstić information content (AvgIpc) is 2.03. The van der Waals surface area contributed by atoms with E-state index in [2.05, 4.69) is 0 Å². The second-order valence-electron chi connectivity index (χ2n) is 3.95. The van der Waals surface area contributed by atoms with Gasteiger partial charge in [0.15, 0.2) is 0 Å². The van der Waals surface area contributed by atoms with E-state index in [0.717, 1.165) is 10.9 Å². The maximum Gasteiger partial charge on any atom is 1.00 e. The molecule has 2 nitrogen and oxygen atoms in total. The summed E-state index contributed by atoms with van der Waals surface area (Å²) in [6.07, 6.45) is 0. The summed E-state index contributed by atoms with van der Waals surface area (Å²) in [6.45, 7) is 3.63. The Labute approximate surface area is 109 Å². The Balaban J connectivity index is 0.00000169. The van der Waals surface area contributed by atoms with Gasteiger partial charge in [0.1, 0.15) is 0 Å². The quantitative estimate of drug-likeness (QED) is 0.513. The first-order valence-corrected chi connectivity index (χ1v) is 7.30. The molecule has 0 radical (unpaired) electrons. The Morgan fingerprint density at radius 1 is 1.07 bits per heavy atom. The third-order valence-corrected chi connectivity index (χ3v) is 3.80. The third kappa shape index (κ3) is 3.75. The van der Waals surface area contributed by atoms with Gasteiger partial charge in [0.2, 0.25) is 0 Å². The standard InChI is InChI=1S/C10H16NOSi.Na/c1-11(2)9-5-7-10(8-6-9)13(3,4)12;/h5-8H,1-4H3;/q-1;+1. The Morgan fingerprint density at radius 3 is 1.79 bits per heavy atom. The van der Waals surface area contributed by atoms with Crippen molar-refractivity contribution in [2.45, 2.75) is 13.1 Å². The zero-order valence-corrected chi connectivity index (χ0v) is 12.7. The molecule has 0 aromatic heterocycles. The van der Waals surface area contributed by atoms with E-state index in [4.69, 9.17) is 0 Å². The Hall–Kier alpha value is 0.197. The molecule has 0 amide bonds. The Kier molecular flexibility index (Phi) is 5.40. The second-order valence-corrected chi connectivity index (χ2v) is 7.55. The van der Waals surface area contributed by atoms with E-state index >= 15 is 0 Å². The van der Waals surface area contributed by atoms with Crippen LogP contribution in [-0.2, 0) is 0 Å². The molecule has 0 spiro atoms. The fraction of sp³-hybridized carbons (Fsp3) is 0.400. The van der Waals surface area contributed by atoms with Crippen molar-refractivity contribution in [1.82, 2.24) is 0 Å². The Bertz CT molecular complexity index is 279. The van der Waals surface area contributed by atoms with Gasteiger partial charge in [-0.25, -0.2) is 0 Å². The van der Waals surface area contributed by atoms with Crippen LogP contribution in [0.2, 0.25) is 13.1 Å². The van der Waals surface area contributed by atoms with E-state index in [1.54, 1.807) is 0 Å². The van der Waals surface area contributed by atoms with Gasteiger partial charge in [-0.15, -0.1) is 0 Å². The molecule has 4 heteroatoms. The van der Waals surface area contributed by atoms with Crippen molar-refractivity contribution >= 4 is 19.2 Å². The number of anilines is 1. The fourth-order valence-electron chi connectivity index (χ4n) is 1.16.